The van der Waals surface area contributed by atoms with E-state index in [2.05, 4.69) is 4.98 Å². The number of carbonyl (C=O) groups is 1. The third-order valence-electron chi connectivity index (χ3n) is 3.90. The number of methoxy groups -OCH3 is 1. The molecule has 1 saturated heterocycles. The lowest BCUT2D eigenvalue weighted by Gasteiger charge is -2.39. The summed E-state index contributed by atoms with van der Waals surface area (Å²) >= 11 is 5.99. The summed E-state index contributed by atoms with van der Waals surface area (Å²) in [6.07, 6.45) is 2.69. The van der Waals surface area contributed by atoms with E-state index < -0.39 is 0 Å². The Kier molecular flexibility index (Phi) is 4.66. The average Bonchev–Trinajstić information content (AvgIpc) is 2.45. The SMILES string of the molecule is CCc1cc(C(=O)N2CCCC(C)(OC)C2)cc(Cl)n1. The first-order valence-corrected chi connectivity index (χ1v) is 7.36. The van der Waals surface area contributed by atoms with E-state index >= 15 is 0 Å². The second kappa shape index (κ2) is 6.10. The molecular weight excluding hydrogens is 276 g/mol. The van der Waals surface area contributed by atoms with Gasteiger partial charge in [0.2, 0.25) is 0 Å². The van der Waals surface area contributed by atoms with Gasteiger partial charge in [-0.05, 0) is 38.3 Å². The maximum atomic E-state index is 12.6. The number of nitrogens with zero attached hydrogens (tertiary/aromatic N) is 2. The van der Waals surface area contributed by atoms with Gasteiger partial charge in [-0.2, -0.15) is 0 Å². The van der Waals surface area contributed by atoms with E-state index in [0.29, 0.717) is 17.3 Å². The number of likely N-dealkylation sites (tertiary alicyclic amines) is 1. The van der Waals surface area contributed by atoms with Gasteiger partial charge in [0.05, 0.1) is 5.60 Å². The first-order chi connectivity index (χ1) is 9.47. The van der Waals surface area contributed by atoms with Crippen molar-refractivity contribution in [2.45, 2.75) is 38.7 Å². The second-order valence-corrected chi connectivity index (χ2v) is 5.89. The van der Waals surface area contributed by atoms with Crippen LogP contribution in [0.25, 0.3) is 0 Å². The summed E-state index contributed by atoms with van der Waals surface area (Å²) in [6, 6.07) is 3.47. The predicted molar refractivity (Wildman–Crippen MR) is 79.2 cm³/mol. The molecule has 1 aromatic rings. The summed E-state index contributed by atoms with van der Waals surface area (Å²) in [5, 5.41) is 0.374. The molecule has 110 valence electrons. The van der Waals surface area contributed by atoms with Gasteiger partial charge in [0, 0.05) is 31.5 Å². The zero-order valence-corrected chi connectivity index (χ0v) is 13.0. The van der Waals surface area contributed by atoms with Crippen molar-refractivity contribution in [3.05, 3.63) is 28.5 Å². The molecule has 1 aliphatic heterocycles. The number of carbonyl (C=O) groups excluding carboxylic acids is 1. The molecule has 1 atom stereocenters. The van der Waals surface area contributed by atoms with Crippen LogP contribution in [0.15, 0.2) is 12.1 Å². The van der Waals surface area contributed by atoms with Crippen LogP contribution in [0.5, 0.6) is 0 Å². The van der Waals surface area contributed by atoms with E-state index in [4.69, 9.17) is 16.3 Å². The van der Waals surface area contributed by atoms with E-state index in [1.54, 1.807) is 13.2 Å². The highest BCUT2D eigenvalue weighted by Gasteiger charge is 2.33. The maximum absolute atomic E-state index is 12.6. The number of hydrogen-bond donors (Lipinski definition) is 0. The molecule has 2 heterocycles. The van der Waals surface area contributed by atoms with Crippen molar-refractivity contribution in [1.82, 2.24) is 9.88 Å². The molecule has 1 aromatic heterocycles. The molecule has 2 rings (SSSR count). The third kappa shape index (κ3) is 3.30. The molecule has 0 aliphatic carbocycles. The van der Waals surface area contributed by atoms with Crippen molar-refractivity contribution in [2.24, 2.45) is 0 Å². The van der Waals surface area contributed by atoms with Crippen molar-refractivity contribution < 1.29 is 9.53 Å². The summed E-state index contributed by atoms with van der Waals surface area (Å²) in [5.41, 5.74) is 1.20. The van der Waals surface area contributed by atoms with E-state index in [1.165, 1.54) is 0 Å². The molecule has 20 heavy (non-hydrogen) atoms. The van der Waals surface area contributed by atoms with Crippen molar-refractivity contribution in [2.75, 3.05) is 20.2 Å². The fourth-order valence-electron chi connectivity index (χ4n) is 2.58. The molecule has 0 aromatic carbocycles. The Hall–Kier alpha value is -1.13. The molecule has 5 heteroatoms. The van der Waals surface area contributed by atoms with E-state index in [9.17, 15) is 4.79 Å². The van der Waals surface area contributed by atoms with Gasteiger partial charge in [0.25, 0.3) is 5.91 Å². The number of hydrogen-bond acceptors (Lipinski definition) is 3. The van der Waals surface area contributed by atoms with Gasteiger partial charge in [0.1, 0.15) is 5.15 Å². The summed E-state index contributed by atoms with van der Waals surface area (Å²) in [6.45, 7) is 5.42. The Morgan fingerprint density at radius 2 is 2.30 bits per heavy atom. The molecule has 1 unspecified atom stereocenters. The Morgan fingerprint density at radius 3 is 2.95 bits per heavy atom. The van der Waals surface area contributed by atoms with Crippen molar-refractivity contribution in [1.29, 1.82) is 0 Å². The van der Waals surface area contributed by atoms with Gasteiger partial charge in [-0.25, -0.2) is 4.98 Å². The van der Waals surface area contributed by atoms with Gasteiger partial charge >= 0.3 is 0 Å². The van der Waals surface area contributed by atoms with Crippen LogP contribution in [0, 0.1) is 0 Å². The lowest BCUT2D eigenvalue weighted by Crippen LogP contribution is -2.49. The topological polar surface area (TPSA) is 42.4 Å². The molecule has 0 N–H and O–H groups in total. The van der Waals surface area contributed by atoms with Crippen molar-refractivity contribution in [3.63, 3.8) is 0 Å². The normalized spacial score (nSPS) is 22.9. The standard InChI is InChI=1S/C15H21ClN2O2/c1-4-12-8-11(9-13(16)17-12)14(19)18-7-5-6-15(2,10-18)20-3/h8-9H,4-7,10H2,1-3H3. The number of amides is 1. The molecule has 0 radical (unpaired) electrons. The monoisotopic (exact) mass is 296 g/mol. The Labute approximate surface area is 125 Å². The third-order valence-corrected chi connectivity index (χ3v) is 4.09. The largest absolute Gasteiger partial charge is 0.377 e. The maximum Gasteiger partial charge on any atom is 0.254 e. The first kappa shape index (κ1) is 15.3. The first-order valence-electron chi connectivity index (χ1n) is 6.98. The van der Waals surface area contributed by atoms with Crippen LogP contribution in [-0.2, 0) is 11.2 Å². The molecule has 0 bridgehead atoms. The van der Waals surface area contributed by atoms with E-state index in [0.717, 1.165) is 31.5 Å². The predicted octanol–water partition coefficient (Wildman–Crippen LogP) is 2.94. The highest BCUT2D eigenvalue weighted by atomic mass is 35.5. The molecule has 0 spiro atoms. The number of aromatic nitrogens is 1. The van der Waals surface area contributed by atoms with Crippen LogP contribution in [0.1, 0.15) is 42.7 Å². The van der Waals surface area contributed by atoms with E-state index in [1.807, 2.05) is 24.8 Å². The van der Waals surface area contributed by atoms with Gasteiger partial charge in [-0.1, -0.05) is 18.5 Å². The smallest absolute Gasteiger partial charge is 0.254 e. The molecule has 1 amide bonds. The van der Waals surface area contributed by atoms with Crippen LogP contribution >= 0.6 is 11.6 Å². The van der Waals surface area contributed by atoms with Crippen LogP contribution in [0.2, 0.25) is 5.15 Å². The van der Waals surface area contributed by atoms with Crippen LogP contribution in [-0.4, -0.2) is 41.6 Å². The van der Waals surface area contributed by atoms with E-state index in [-0.39, 0.29) is 11.5 Å². The van der Waals surface area contributed by atoms with Gasteiger partial charge in [0.15, 0.2) is 0 Å². The lowest BCUT2D eigenvalue weighted by molar-refractivity contribution is -0.0440. The number of pyridine rings is 1. The number of rotatable bonds is 3. The zero-order chi connectivity index (χ0) is 14.8. The quantitative estimate of drug-likeness (QED) is 0.806. The Morgan fingerprint density at radius 1 is 1.55 bits per heavy atom. The minimum absolute atomic E-state index is 0.00646. The average molecular weight is 297 g/mol. The van der Waals surface area contributed by atoms with Crippen LogP contribution in [0.4, 0.5) is 0 Å². The van der Waals surface area contributed by atoms with Crippen LogP contribution < -0.4 is 0 Å². The number of halogens is 1. The Balaban J connectivity index is 2.20. The van der Waals surface area contributed by atoms with Crippen molar-refractivity contribution >= 4 is 17.5 Å². The minimum atomic E-state index is -0.252. The fraction of sp³-hybridized carbons (Fsp3) is 0.600. The van der Waals surface area contributed by atoms with Crippen LogP contribution in [0.3, 0.4) is 0 Å². The number of ether oxygens (including phenoxy) is 1. The van der Waals surface area contributed by atoms with Gasteiger partial charge in [-0.15, -0.1) is 0 Å². The summed E-state index contributed by atoms with van der Waals surface area (Å²) in [5.74, 6) is 0.00646. The molecule has 4 nitrogen and oxygen atoms in total. The highest BCUT2D eigenvalue weighted by Crippen LogP contribution is 2.25. The fourth-order valence-corrected chi connectivity index (χ4v) is 2.81. The highest BCUT2D eigenvalue weighted by molar-refractivity contribution is 6.29. The molecule has 1 aliphatic rings. The number of aryl methyl sites for hydroxylation is 1. The molecule has 1 fully saturated rings. The van der Waals surface area contributed by atoms with Gasteiger partial charge in [-0.3, -0.25) is 4.79 Å². The second-order valence-electron chi connectivity index (χ2n) is 5.51. The Bertz CT molecular complexity index is 507. The van der Waals surface area contributed by atoms with Crippen molar-refractivity contribution in [3.8, 4) is 0 Å². The summed E-state index contributed by atoms with van der Waals surface area (Å²) in [7, 11) is 1.70. The summed E-state index contributed by atoms with van der Waals surface area (Å²) < 4.78 is 5.53. The summed E-state index contributed by atoms with van der Waals surface area (Å²) in [4.78, 5) is 18.6. The molecular formula is C15H21ClN2O2. The van der Waals surface area contributed by atoms with Gasteiger partial charge < -0.3 is 9.64 Å². The minimum Gasteiger partial charge on any atom is -0.377 e. The zero-order valence-electron chi connectivity index (χ0n) is 12.3. The molecule has 0 saturated carbocycles. The lowest BCUT2D eigenvalue weighted by atomic mass is 9.94. The number of piperidine rings is 1.